The molecule has 0 radical (unpaired) electrons. The minimum Gasteiger partial charge on any atom is -0.443 e. The summed E-state index contributed by atoms with van der Waals surface area (Å²) in [5.74, 6) is 0. The van der Waals surface area contributed by atoms with Crippen molar-refractivity contribution in [1.82, 2.24) is 15.0 Å². The molecule has 2 aromatic heterocycles. The number of thiazole rings is 1. The Hall–Kier alpha value is -1.20. The maximum atomic E-state index is 12.8. The number of anilines is 1. The predicted octanol–water partition coefficient (Wildman–Crippen LogP) is 6.03. The van der Waals surface area contributed by atoms with Crippen LogP contribution in [0.1, 0.15) is 20.8 Å². The number of hydrogen-bond acceptors (Lipinski definition) is 8. The maximum absolute atomic E-state index is 12.8. The van der Waals surface area contributed by atoms with Crippen LogP contribution in [0.15, 0.2) is 17.4 Å². The van der Waals surface area contributed by atoms with Crippen molar-refractivity contribution >= 4 is 54.0 Å². The third kappa shape index (κ3) is 8.14. The summed E-state index contributed by atoms with van der Waals surface area (Å²) < 4.78 is 11.4. The summed E-state index contributed by atoms with van der Waals surface area (Å²) in [7, 11) is -1.23. The smallest absolute Gasteiger partial charge is 0.418 e. The van der Waals surface area contributed by atoms with Crippen molar-refractivity contribution < 1.29 is 14.3 Å². The molecule has 0 aromatic carbocycles. The van der Waals surface area contributed by atoms with Gasteiger partial charge in [0.15, 0.2) is 10.3 Å². The first-order valence-corrected chi connectivity index (χ1v) is 15.6. The van der Waals surface area contributed by atoms with Gasteiger partial charge in [-0.05, 0) is 33.1 Å². The first kappa shape index (κ1) is 25.1. The molecular weight excluding hydrogens is 460 g/mol. The third-order valence-electron chi connectivity index (χ3n) is 3.66. The summed E-state index contributed by atoms with van der Waals surface area (Å²) in [6.07, 6.45) is 3.06. The van der Waals surface area contributed by atoms with Crippen LogP contribution >= 0.6 is 34.7 Å². The number of aromatic nitrogens is 3. The zero-order valence-corrected chi connectivity index (χ0v) is 21.9. The van der Waals surface area contributed by atoms with Crippen LogP contribution in [-0.4, -0.2) is 54.3 Å². The molecule has 166 valence electrons. The summed E-state index contributed by atoms with van der Waals surface area (Å²) in [4.78, 5) is 28.1. The van der Waals surface area contributed by atoms with Gasteiger partial charge in [0.2, 0.25) is 0 Å². The van der Waals surface area contributed by atoms with E-state index >= 15 is 0 Å². The Kier molecular flexibility index (Phi) is 8.69. The van der Waals surface area contributed by atoms with Gasteiger partial charge in [-0.15, -0.1) is 0 Å². The number of rotatable bonds is 8. The van der Waals surface area contributed by atoms with Crippen molar-refractivity contribution in [1.29, 1.82) is 0 Å². The highest BCUT2D eigenvalue weighted by atomic mass is 35.5. The molecular formula is C19H29ClN4O3S2Si. The van der Waals surface area contributed by atoms with E-state index in [4.69, 9.17) is 21.1 Å². The van der Waals surface area contributed by atoms with Gasteiger partial charge in [0.05, 0.1) is 10.6 Å². The van der Waals surface area contributed by atoms with Crippen molar-refractivity contribution in [2.45, 2.75) is 57.2 Å². The topological polar surface area (TPSA) is 77.4 Å². The monoisotopic (exact) mass is 488 g/mol. The van der Waals surface area contributed by atoms with E-state index in [0.29, 0.717) is 27.7 Å². The maximum Gasteiger partial charge on any atom is 0.418 e. The van der Waals surface area contributed by atoms with Gasteiger partial charge in [0, 0.05) is 26.9 Å². The van der Waals surface area contributed by atoms with E-state index in [-0.39, 0.29) is 6.73 Å². The molecule has 0 spiro atoms. The first-order valence-electron chi connectivity index (χ1n) is 9.51. The van der Waals surface area contributed by atoms with Crippen LogP contribution < -0.4 is 4.90 Å². The normalized spacial score (nSPS) is 12.1. The zero-order valence-electron chi connectivity index (χ0n) is 18.5. The first-order chi connectivity index (χ1) is 13.9. The predicted molar refractivity (Wildman–Crippen MR) is 128 cm³/mol. The van der Waals surface area contributed by atoms with Crippen molar-refractivity contribution in [2.75, 3.05) is 24.5 Å². The van der Waals surface area contributed by atoms with Crippen LogP contribution in [0, 0.1) is 0 Å². The molecule has 0 aliphatic carbocycles. The molecule has 0 aliphatic heterocycles. The summed E-state index contributed by atoms with van der Waals surface area (Å²) >= 11 is 8.84. The lowest BCUT2D eigenvalue weighted by atomic mass is 10.2. The van der Waals surface area contributed by atoms with Crippen LogP contribution in [-0.2, 0) is 9.47 Å². The number of thioether (sulfide) groups is 1. The number of amides is 1. The highest BCUT2D eigenvalue weighted by Crippen LogP contribution is 2.32. The minimum atomic E-state index is -1.23. The highest BCUT2D eigenvalue weighted by molar-refractivity contribution is 7.98. The molecule has 0 atom stereocenters. The highest BCUT2D eigenvalue weighted by Gasteiger charge is 2.26. The lowest BCUT2D eigenvalue weighted by Crippen LogP contribution is -2.38. The molecule has 7 nitrogen and oxygen atoms in total. The second-order valence-corrected chi connectivity index (χ2v) is 16.6. The van der Waals surface area contributed by atoms with Gasteiger partial charge in [0.25, 0.3) is 0 Å². The van der Waals surface area contributed by atoms with E-state index in [9.17, 15) is 4.79 Å². The van der Waals surface area contributed by atoms with Crippen molar-refractivity contribution in [3.63, 3.8) is 0 Å². The molecule has 2 aromatic rings. The van der Waals surface area contributed by atoms with E-state index in [0.717, 1.165) is 10.9 Å². The molecule has 0 saturated heterocycles. The SMILES string of the molecule is CSc1nc(Cl)cc(-c2cnc(N(COCC[Si](C)(C)C)C(=O)OC(C)(C)C)s2)n1. The summed E-state index contributed by atoms with van der Waals surface area (Å²) in [6, 6.07) is 2.69. The molecule has 1 amide bonds. The summed E-state index contributed by atoms with van der Waals surface area (Å²) in [5.41, 5.74) is 0.0353. The Labute approximate surface area is 192 Å². The Bertz CT molecular complexity index is 868. The second-order valence-electron chi connectivity index (χ2n) is 8.83. The van der Waals surface area contributed by atoms with E-state index in [2.05, 4.69) is 34.6 Å². The van der Waals surface area contributed by atoms with Crippen LogP contribution in [0.5, 0.6) is 0 Å². The standard InChI is InChI=1S/C19H29ClN4O3S2Si/c1-19(2,3)27-18(25)24(12-26-8-9-30(5,6)7)17-21-11-14(29-17)13-10-15(20)23-16(22-13)28-4/h10-11H,8-9,12H2,1-7H3. The third-order valence-corrected chi connectivity index (χ3v) is 7.15. The average Bonchev–Trinajstić information content (AvgIpc) is 3.08. The van der Waals surface area contributed by atoms with Crippen LogP contribution in [0.2, 0.25) is 30.8 Å². The Morgan fingerprint density at radius 1 is 1.30 bits per heavy atom. The van der Waals surface area contributed by atoms with Gasteiger partial charge in [0.1, 0.15) is 17.5 Å². The molecule has 2 heterocycles. The van der Waals surface area contributed by atoms with Gasteiger partial charge in [-0.1, -0.05) is 54.3 Å². The molecule has 0 unspecified atom stereocenters. The fourth-order valence-corrected chi connectivity index (χ4v) is 4.38. The average molecular weight is 489 g/mol. The lowest BCUT2D eigenvalue weighted by molar-refractivity contribution is 0.0500. The van der Waals surface area contributed by atoms with Gasteiger partial charge < -0.3 is 9.47 Å². The number of halogens is 1. The number of hydrogen-bond donors (Lipinski definition) is 0. The van der Waals surface area contributed by atoms with Crippen molar-refractivity contribution in [3.05, 3.63) is 17.4 Å². The molecule has 0 N–H and O–H groups in total. The number of carbonyl (C=O) groups excluding carboxylic acids is 1. The molecule has 0 bridgehead atoms. The van der Waals surface area contributed by atoms with E-state index < -0.39 is 19.8 Å². The molecule has 11 heteroatoms. The van der Waals surface area contributed by atoms with Gasteiger partial charge in [-0.3, -0.25) is 0 Å². The zero-order chi connectivity index (χ0) is 22.5. The Morgan fingerprint density at radius 2 is 2.00 bits per heavy atom. The second kappa shape index (κ2) is 10.4. The molecule has 0 fully saturated rings. The Morgan fingerprint density at radius 3 is 2.60 bits per heavy atom. The van der Waals surface area contributed by atoms with Gasteiger partial charge >= 0.3 is 6.09 Å². The van der Waals surface area contributed by atoms with Crippen molar-refractivity contribution in [2.24, 2.45) is 0 Å². The quantitative estimate of drug-likeness (QED) is 0.112. The van der Waals surface area contributed by atoms with Crippen LogP contribution in [0.4, 0.5) is 9.93 Å². The molecule has 2 rings (SSSR count). The van der Waals surface area contributed by atoms with E-state index in [1.807, 2.05) is 27.0 Å². The summed E-state index contributed by atoms with van der Waals surface area (Å²) in [6.45, 7) is 13.0. The minimum absolute atomic E-state index is 0.0763. The molecule has 0 aliphatic rings. The molecule has 0 saturated carbocycles. The summed E-state index contributed by atoms with van der Waals surface area (Å²) in [5, 5.41) is 1.41. The number of nitrogens with zero attached hydrogens (tertiary/aromatic N) is 4. The van der Waals surface area contributed by atoms with E-state index in [1.54, 1.807) is 12.3 Å². The number of ether oxygens (including phenoxy) is 2. The molecule has 30 heavy (non-hydrogen) atoms. The Balaban J connectivity index is 2.23. The largest absolute Gasteiger partial charge is 0.443 e. The van der Waals surface area contributed by atoms with Crippen molar-refractivity contribution in [3.8, 4) is 10.6 Å². The van der Waals surface area contributed by atoms with Gasteiger partial charge in [-0.25, -0.2) is 24.6 Å². The number of carbonyl (C=O) groups is 1. The van der Waals surface area contributed by atoms with Gasteiger partial charge in [-0.2, -0.15) is 0 Å². The van der Waals surface area contributed by atoms with Crippen LogP contribution in [0.25, 0.3) is 10.6 Å². The van der Waals surface area contributed by atoms with Crippen LogP contribution in [0.3, 0.4) is 0 Å². The fourth-order valence-electron chi connectivity index (χ4n) is 2.16. The van der Waals surface area contributed by atoms with E-state index in [1.165, 1.54) is 28.0 Å². The fraction of sp³-hybridized carbons (Fsp3) is 0.579. The lowest BCUT2D eigenvalue weighted by Gasteiger charge is -2.26.